The zero-order chi connectivity index (χ0) is 20.4. The molecule has 0 aliphatic carbocycles. The van der Waals surface area contributed by atoms with Gasteiger partial charge in [0.05, 0.1) is 22.2 Å². The lowest BCUT2D eigenvalue weighted by Gasteiger charge is -2.23. The maximum atomic E-state index is 12.0. The van der Waals surface area contributed by atoms with Crippen LogP contribution in [0.25, 0.3) is 10.9 Å². The first-order valence-electron chi connectivity index (χ1n) is 9.70. The summed E-state index contributed by atoms with van der Waals surface area (Å²) in [6, 6.07) is 11.5. The smallest absolute Gasteiger partial charge is 0.293 e. The van der Waals surface area contributed by atoms with Crippen molar-refractivity contribution in [2.75, 3.05) is 31.1 Å². The minimum absolute atomic E-state index is 0.0528. The number of anilines is 1. The van der Waals surface area contributed by atoms with E-state index in [9.17, 15) is 14.9 Å². The summed E-state index contributed by atoms with van der Waals surface area (Å²) in [7, 11) is 0. The maximum Gasteiger partial charge on any atom is 0.293 e. The number of rotatable bonds is 4. The Kier molecular flexibility index (Phi) is 5.26. The van der Waals surface area contributed by atoms with Crippen LogP contribution < -0.4 is 10.5 Å². The topological polar surface area (TPSA) is 95.4 Å². The summed E-state index contributed by atoms with van der Waals surface area (Å²) in [4.78, 5) is 34.3. The lowest BCUT2D eigenvalue weighted by Crippen LogP contribution is -2.31. The van der Waals surface area contributed by atoms with Crippen molar-refractivity contribution in [1.82, 2.24) is 14.9 Å². The molecule has 4 rings (SSSR count). The highest BCUT2D eigenvalue weighted by atomic mass is 16.6. The number of aryl methyl sites for hydroxylation is 1. The summed E-state index contributed by atoms with van der Waals surface area (Å²) in [6.07, 6.45) is 2.23. The molecule has 2 heterocycles. The van der Waals surface area contributed by atoms with Crippen LogP contribution in [0.5, 0.6) is 0 Å². The SMILES string of the molecule is Cc1ccc(CN2CCCN(c3cc4nc[nH]c(=O)c4cc3[N+](=O)[O-])CC2)cc1. The van der Waals surface area contributed by atoms with Crippen molar-refractivity contribution in [3.63, 3.8) is 0 Å². The Morgan fingerprint density at radius 3 is 2.69 bits per heavy atom. The number of nitrogens with one attached hydrogen (secondary N) is 1. The maximum absolute atomic E-state index is 12.0. The molecule has 0 radical (unpaired) electrons. The van der Waals surface area contributed by atoms with E-state index in [1.54, 1.807) is 6.07 Å². The molecule has 150 valence electrons. The first kappa shape index (κ1) is 19.1. The van der Waals surface area contributed by atoms with Crippen LogP contribution in [0.3, 0.4) is 0 Å². The molecule has 3 aromatic rings. The van der Waals surface area contributed by atoms with Gasteiger partial charge in [0.15, 0.2) is 0 Å². The van der Waals surface area contributed by atoms with Crippen molar-refractivity contribution < 1.29 is 4.92 Å². The molecule has 8 heteroatoms. The van der Waals surface area contributed by atoms with E-state index in [1.165, 1.54) is 23.5 Å². The van der Waals surface area contributed by atoms with Gasteiger partial charge in [-0.3, -0.25) is 19.8 Å². The second-order valence-electron chi connectivity index (χ2n) is 7.45. The number of hydrogen-bond acceptors (Lipinski definition) is 6. The van der Waals surface area contributed by atoms with Crippen LogP contribution in [0, 0.1) is 17.0 Å². The van der Waals surface area contributed by atoms with Gasteiger partial charge in [-0.25, -0.2) is 4.98 Å². The van der Waals surface area contributed by atoms with E-state index in [-0.39, 0.29) is 16.6 Å². The van der Waals surface area contributed by atoms with Crippen LogP contribution in [0.15, 0.2) is 47.5 Å². The number of nitro groups is 1. The van der Waals surface area contributed by atoms with Gasteiger partial charge >= 0.3 is 0 Å². The Morgan fingerprint density at radius 1 is 1.14 bits per heavy atom. The quantitative estimate of drug-likeness (QED) is 0.541. The fraction of sp³-hybridized carbons (Fsp3) is 0.333. The molecule has 29 heavy (non-hydrogen) atoms. The van der Waals surface area contributed by atoms with E-state index in [4.69, 9.17) is 0 Å². The molecule has 1 fully saturated rings. The number of fused-ring (bicyclic) bond motifs is 1. The van der Waals surface area contributed by atoms with Gasteiger partial charge in [-0.15, -0.1) is 0 Å². The molecule has 0 atom stereocenters. The van der Waals surface area contributed by atoms with Crippen LogP contribution in [0.2, 0.25) is 0 Å². The number of nitrogens with zero attached hydrogens (tertiary/aromatic N) is 4. The zero-order valence-electron chi connectivity index (χ0n) is 16.3. The predicted octanol–water partition coefficient (Wildman–Crippen LogP) is 2.85. The lowest BCUT2D eigenvalue weighted by atomic mass is 10.1. The summed E-state index contributed by atoms with van der Waals surface area (Å²) in [5.74, 6) is 0. The number of nitro benzene ring substituents is 1. The van der Waals surface area contributed by atoms with Crippen molar-refractivity contribution in [3.8, 4) is 0 Å². The summed E-state index contributed by atoms with van der Waals surface area (Å²) in [6.45, 7) is 6.09. The molecule has 1 aliphatic rings. The highest BCUT2D eigenvalue weighted by Crippen LogP contribution is 2.32. The summed E-state index contributed by atoms with van der Waals surface area (Å²) >= 11 is 0. The lowest BCUT2D eigenvalue weighted by molar-refractivity contribution is -0.384. The summed E-state index contributed by atoms with van der Waals surface area (Å²) < 4.78 is 0. The van der Waals surface area contributed by atoms with Crippen molar-refractivity contribution in [1.29, 1.82) is 0 Å². The van der Waals surface area contributed by atoms with Gasteiger partial charge in [-0.05, 0) is 25.0 Å². The average Bonchev–Trinajstić information content (AvgIpc) is 2.94. The molecule has 0 bridgehead atoms. The third-order valence-electron chi connectivity index (χ3n) is 5.39. The molecular formula is C21H23N5O3. The van der Waals surface area contributed by atoms with E-state index >= 15 is 0 Å². The van der Waals surface area contributed by atoms with Gasteiger partial charge < -0.3 is 9.88 Å². The van der Waals surface area contributed by atoms with Crippen LogP contribution in [-0.2, 0) is 6.54 Å². The molecule has 0 saturated carbocycles. The number of benzene rings is 2. The Bertz CT molecular complexity index is 1090. The third-order valence-corrected chi connectivity index (χ3v) is 5.39. The number of aromatic amines is 1. The van der Waals surface area contributed by atoms with E-state index in [0.717, 1.165) is 32.6 Å². The molecular weight excluding hydrogens is 370 g/mol. The minimum atomic E-state index is -0.420. The van der Waals surface area contributed by atoms with Gasteiger partial charge in [0, 0.05) is 38.8 Å². The van der Waals surface area contributed by atoms with Crippen LogP contribution >= 0.6 is 0 Å². The summed E-state index contributed by atoms with van der Waals surface area (Å²) in [5, 5.41) is 11.9. The number of aromatic nitrogens is 2. The average molecular weight is 393 g/mol. The highest BCUT2D eigenvalue weighted by molar-refractivity contribution is 5.87. The molecule has 1 aromatic heterocycles. The van der Waals surface area contributed by atoms with Crippen molar-refractivity contribution in [2.45, 2.75) is 19.9 Å². The minimum Gasteiger partial charge on any atom is -0.365 e. The number of hydrogen-bond donors (Lipinski definition) is 1. The van der Waals surface area contributed by atoms with Gasteiger partial charge in [-0.1, -0.05) is 29.8 Å². The third kappa shape index (κ3) is 4.12. The van der Waals surface area contributed by atoms with Gasteiger partial charge in [0.2, 0.25) is 0 Å². The van der Waals surface area contributed by atoms with Gasteiger partial charge in [0.25, 0.3) is 11.2 Å². The van der Waals surface area contributed by atoms with Crippen LogP contribution in [0.1, 0.15) is 17.5 Å². The molecule has 0 unspecified atom stereocenters. The fourth-order valence-electron chi connectivity index (χ4n) is 3.81. The monoisotopic (exact) mass is 393 g/mol. The molecule has 1 aliphatic heterocycles. The highest BCUT2D eigenvalue weighted by Gasteiger charge is 2.24. The molecule has 1 N–H and O–H groups in total. The van der Waals surface area contributed by atoms with E-state index in [0.29, 0.717) is 17.7 Å². The first-order chi connectivity index (χ1) is 14.0. The Balaban J connectivity index is 1.58. The molecule has 8 nitrogen and oxygen atoms in total. The number of H-pyrrole nitrogens is 1. The standard InChI is InChI=1S/C21H23N5O3/c1-15-3-5-16(6-4-15)13-24-7-2-8-25(10-9-24)19-12-18-17(11-20(19)26(28)29)21(27)23-14-22-18/h3-6,11-12,14H,2,7-10,13H2,1H3,(H,22,23,27). The first-order valence-corrected chi connectivity index (χ1v) is 9.70. The normalized spacial score (nSPS) is 15.4. The van der Waals surface area contributed by atoms with Crippen LogP contribution in [0.4, 0.5) is 11.4 Å². The Labute approximate surface area is 167 Å². The van der Waals surface area contributed by atoms with Crippen molar-refractivity contribution >= 4 is 22.3 Å². The van der Waals surface area contributed by atoms with Crippen molar-refractivity contribution in [2.24, 2.45) is 0 Å². The van der Waals surface area contributed by atoms with Gasteiger partial charge in [-0.2, -0.15) is 0 Å². The largest absolute Gasteiger partial charge is 0.365 e. The molecule has 0 spiro atoms. The fourth-order valence-corrected chi connectivity index (χ4v) is 3.81. The zero-order valence-corrected chi connectivity index (χ0v) is 16.3. The van der Waals surface area contributed by atoms with Crippen molar-refractivity contribution in [3.05, 3.63) is 74.3 Å². The molecule has 1 saturated heterocycles. The van der Waals surface area contributed by atoms with Crippen LogP contribution in [-0.4, -0.2) is 46.0 Å². The predicted molar refractivity (Wildman–Crippen MR) is 112 cm³/mol. The second kappa shape index (κ2) is 8.00. The Hall–Kier alpha value is -3.26. The Morgan fingerprint density at radius 2 is 1.93 bits per heavy atom. The van der Waals surface area contributed by atoms with E-state index in [2.05, 4.69) is 46.1 Å². The second-order valence-corrected chi connectivity index (χ2v) is 7.45. The van der Waals surface area contributed by atoms with E-state index < -0.39 is 4.92 Å². The molecule has 2 aromatic carbocycles. The van der Waals surface area contributed by atoms with Gasteiger partial charge in [0.1, 0.15) is 5.69 Å². The van der Waals surface area contributed by atoms with E-state index in [1.807, 2.05) is 4.90 Å². The molecule has 0 amide bonds. The summed E-state index contributed by atoms with van der Waals surface area (Å²) in [5.41, 5.74) is 3.08.